The third-order valence-corrected chi connectivity index (χ3v) is 4.89. The molecule has 1 aromatic rings. The number of aromatic nitrogens is 1. The van der Waals surface area contributed by atoms with E-state index in [1.54, 1.807) is 0 Å². The average Bonchev–Trinajstić information content (AvgIpc) is 2.49. The molecule has 1 aliphatic heterocycles. The van der Waals surface area contributed by atoms with Gasteiger partial charge in [-0.15, -0.1) is 0 Å². The SMILES string of the molecule is O=C(c1c[nH]c(=O)c(Cl)c1)N1CCC[C@@H]2CCCC[C@@H]21. The number of H-pyrrole nitrogens is 1. The predicted octanol–water partition coefficient (Wildman–Crippen LogP) is 2.82. The summed E-state index contributed by atoms with van der Waals surface area (Å²) in [5.74, 6) is 0.652. The first-order valence-corrected chi connectivity index (χ1v) is 7.74. The number of likely N-dealkylation sites (tertiary alicyclic amines) is 1. The Balaban J connectivity index is 1.84. The van der Waals surface area contributed by atoms with Crippen molar-refractivity contribution in [2.75, 3.05) is 6.54 Å². The third-order valence-electron chi connectivity index (χ3n) is 4.61. The number of hydrogen-bond donors (Lipinski definition) is 1. The van der Waals surface area contributed by atoms with Crippen molar-refractivity contribution in [3.05, 3.63) is 33.2 Å². The van der Waals surface area contributed by atoms with Gasteiger partial charge in [-0.25, -0.2) is 0 Å². The normalized spacial score (nSPS) is 26.1. The number of aromatic amines is 1. The van der Waals surface area contributed by atoms with Crippen LogP contribution in [0.15, 0.2) is 17.1 Å². The van der Waals surface area contributed by atoms with E-state index in [4.69, 9.17) is 11.6 Å². The summed E-state index contributed by atoms with van der Waals surface area (Å²) < 4.78 is 0. The number of amides is 1. The van der Waals surface area contributed by atoms with Crippen LogP contribution in [0.4, 0.5) is 0 Å². The summed E-state index contributed by atoms with van der Waals surface area (Å²) in [5, 5.41) is 0.0769. The first-order chi connectivity index (χ1) is 9.66. The van der Waals surface area contributed by atoms with Crippen LogP contribution in [0.1, 0.15) is 48.9 Å². The fraction of sp³-hybridized carbons (Fsp3) is 0.600. The molecule has 4 nitrogen and oxygen atoms in total. The van der Waals surface area contributed by atoms with Gasteiger partial charge in [-0.05, 0) is 37.7 Å². The van der Waals surface area contributed by atoms with Crippen molar-refractivity contribution >= 4 is 17.5 Å². The van der Waals surface area contributed by atoms with Crippen molar-refractivity contribution in [2.24, 2.45) is 5.92 Å². The van der Waals surface area contributed by atoms with E-state index in [1.165, 1.54) is 37.9 Å². The summed E-state index contributed by atoms with van der Waals surface area (Å²) in [5.41, 5.74) is 0.137. The topological polar surface area (TPSA) is 53.2 Å². The Morgan fingerprint density at radius 2 is 2.00 bits per heavy atom. The van der Waals surface area contributed by atoms with Crippen molar-refractivity contribution in [3.8, 4) is 0 Å². The molecule has 1 N–H and O–H groups in total. The summed E-state index contributed by atoms with van der Waals surface area (Å²) in [6.45, 7) is 0.816. The van der Waals surface area contributed by atoms with Crippen LogP contribution in [0.25, 0.3) is 0 Å². The molecule has 0 radical (unpaired) electrons. The Hall–Kier alpha value is -1.29. The van der Waals surface area contributed by atoms with Crippen LogP contribution < -0.4 is 5.56 Å². The lowest BCUT2D eigenvalue weighted by Gasteiger charge is -2.44. The number of halogens is 1. The molecule has 20 heavy (non-hydrogen) atoms. The maximum absolute atomic E-state index is 12.7. The van der Waals surface area contributed by atoms with E-state index >= 15 is 0 Å². The highest BCUT2D eigenvalue weighted by atomic mass is 35.5. The van der Waals surface area contributed by atoms with E-state index in [0.717, 1.165) is 19.4 Å². The summed E-state index contributed by atoms with van der Waals surface area (Å²) in [4.78, 5) is 28.5. The summed E-state index contributed by atoms with van der Waals surface area (Å²) in [6.07, 6.45) is 8.62. The molecular weight excluding hydrogens is 276 g/mol. The van der Waals surface area contributed by atoms with Gasteiger partial charge in [0.25, 0.3) is 11.5 Å². The Morgan fingerprint density at radius 1 is 1.25 bits per heavy atom. The van der Waals surface area contributed by atoms with Crippen LogP contribution >= 0.6 is 11.6 Å². The van der Waals surface area contributed by atoms with Gasteiger partial charge < -0.3 is 9.88 Å². The molecule has 5 heteroatoms. The molecule has 2 aliphatic rings. The van der Waals surface area contributed by atoms with Crippen LogP contribution in [0, 0.1) is 5.92 Å². The lowest BCUT2D eigenvalue weighted by molar-refractivity contribution is 0.0390. The molecule has 1 amide bonds. The number of piperidine rings is 1. The fourth-order valence-electron chi connectivity index (χ4n) is 3.62. The highest BCUT2D eigenvalue weighted by Crippen LogP contribution is 2.35. The molecule has 0 unspecified atom stereocenters. The van der Waals surface area contributed by atoms with Gasteiger partial charge in [-0.2, -0.15) is 0 Å². The Bertz CT molecular complexity index is 567. The van der Waals surface area contributed by atoms with Crippen LogP contribution in [-0.4, -0.2) is 28.4 Å². The highest BCUT2D eigenvalue weighted by molar-refractivity contribution is 6.30. The first kappa shape index (κ1) is 13.7. The van der Waals surface area contributed by atoms with Crippen molar-refractivity contribution in [1.82, 2.24) is 9.88 Å². The van der Waals surface area contributed by atoms with E-state index in [9.17, 15) is 9.59 Å². The minimum Gasteiger partial charge on any atom is -0.335 e. The predicted molar refractivity (Wildman–Crippen MR) is 78.1 cm³/mol. The van der Waals surface area contributed by atoms with Gasteiger partial charge in [0.2, 0.25) is 0 Å². The fourth-order valence-corrected chi connectivity index (χ4v) is 3.79. The average molecular weight is 295 g/mol. The summed E-state index contributed by atoms with van der Waals surface area (Å²) >= 11 is 5.82. The number of pyridine rings is 1. The second-order valence-corrected chi connectivity index (χ2v) is 6.23. The Morgan fingerprint density at radius 3 is 2.80 bits per heavy atom. The minimum absolute atomic E-state index is 0.000231. The molecule has 108 valence electrons. The standard InChI is InChI=1S/C15H19ClN2O2/c16-12-8-11(9-17-14(12)19)15(20)18-7-3-5-10-4-1-2-6-13(10)18/h8-10,13H,1-7H2,(H,17,19)/t10-,13-/m0/s1. The molecule has 1 aliphatic carbocycles. The van der Waals surface area contributed by atoms with Crippen molar-refractivity contribution in [2.45, 2.75) is 44.6 Å². The Labute approximate surface area is 123 Å². The lowest BCUT2D eigenvalue weighted by Crippen LogP contribution is -2.49. The number of hydrogen-bond acceptors (Lipinski definition) is 2. The van der Waals surface area contributed by atoms with E-state index in [0.29, 0.717) is 17.5 Å². The van der Waals surface area contributed by atoms with E-state index in [1.807, 2.05) is 4.90 Å². The number of fused-ring (bicyclic) bond motifs is 1. The van der Waals surface area contributed by atoms with Crippen LogP contribution in [0.5, 0.6) is 0 Å². The number of carbonyl (C=O) groups is 1. The van der Waals surface area contributed by atoms with Gasteiger partial charge in [0.1, 0.15) is 5.02 Å². The lowest BCUT2D eigenvalue weighted by atomic mass is 9.78. The van der Waals surface area contributed by atoms with Crippen LogP contribution in [0.2, 0.25) is 5.02 Å². The smallest absolute Gasteiger partial charge is 0.266 e. The van der Waals surface area contributed by atoms with Gasteiger partial charge in [0, 0.05) is 18.8 Å². The van der Waals surface area contributed by atoms with E-state index in [2.05, 4.69) is 4.98 Å². The quantitative estimate of drug-likeness (QED) is 0.866. The summed E-state index contributed by atoms with van der Waals surface area (Å²) in [6, 6.07) is 1.85. The van der Waals surface area contributed by atoms with Gasteiger partial charge in [-0.1, -0.05) is 24.4 Å². The van der Waals surface area contributed by atoms with Crippen molar-refractivity contribution < 1.29 is 4.79 Å². The monoisotopic (exact) mass is 294 g/mol. The molecule has 0 spiro atoms. The third kappa shape index (κ3) is 2.49. The van der Waals surface area contributed by atoms with E-state index in [-0.39, 0.29) is 16.5 Å². The molecular formula is C15H19ClN2O2. The molecule has 2 atom stereocenters. The largest absolute Gasteiger partial charge is 0.335 e. The molecule has 3 rings (SSSR count). The Kier molecular flexibility index (Phi) is 3.83. The van der Waals surface area contributed by atoms with E-state index < -0.39 is 0 Å². The number of carbonyl (C=O) groups excluding carboxylic acids is 1. The zero-order valence-corrected chi connectivity index (χ0v) is 12.2. The van der Waals surface area contributed by atoms with Crippen molar-refractivity contribution in [1.29, 1.82) is 0 Å². The molecule has 1 saturated heterocycles. The maximum Gasteiger partial charge on any atom is 0.266 e. The van der Waals surface area contributed by atoms with Gasteiger partial charge in [-0.3, -0.25) is 9.59 Å². The van der Waals surface area contributed by atoms with Crippen LogP contribution in [0.3, 0.4) is 0 Å². The zero-order valence-electron chi connectivity index (χ0n) is 11.4. The molecule has 1 aromatic heterocycles. The maximum atomic E-state index is 12.7. The van der Waals surface area contributed by atoms with Gasteiger partial charge >= 0.3 is 0 Å². The summed E-state index contributed by atoms with van der Waals surface area (Å²) in [7, 11) is 0. The van der Waals surface area contributed by atoms with Crippen LogP contribution in [-0.2, 0) is 0 Å². The molecule has 0 aromatic carbocycles. The van der Waals surface area contributed by atoms with Gasteiger partial charge in [0.05, 0.1) is 5.56 Å². The molecule has 2 heterocycles. The number of rotatable bonds is 1. The minimum atomic E-state index is -0.350. The molecule has 2 fully saturated rings. The highest BCUT2D eigenvalue weighted by Gasteiger charge is 2.36. The number of nitrogens with one attached hydrogen (secondary N) is 1. The van der Waals surface area contributed by atoms with Gasteiger partial charge in [0.15, 0.2) is 0 Å². The second kappa shape index (κ2) is 5.60. The first-order valence-electron chi connectivity index (χ1n) is 7.36. The number of nitrogens with zero attached hydrogens (tertiary/aromatic N) is 1. The molecule has 0 bridgehead atoms. The zero-order chi connectivity index (χ0) is 14.1. The van der Waals surface area contributed by atoms with Crippen molar-refractivity contribution in [3.63, 3.8) is 0 Å². The second-order valence-electron chi connectivity index (χ2n) is 5.82. The molecule has 1 saturated carbocycles.